The summed E-state index contributed by atoms with van der Waals surface area (Å²) in [5.41, 5.74) is 2.57. The fraction of sp³-hybridized carbons (Fsp3) is 0.357. The zero-order valence-electron chi connectivity index (χ0n) is 10.1. The molecule has 3 rings (SSSR count). The van der Waals surface area contributed by atoms with Crippen molar-refractivity contribution in [3.63, 3.8) is 0 Å². The number of aryl methyl sites for hydroxylation is 1. The number of ether oxygens (including phenoxy) is 1. The molecular weight excluding hydrogens is 212 g/mol. The average Bonchev–Trinajstić information content (AvgIpc) is 2.40. The zero-order valence-corrected chi connectivity index (χ0v) is 10.1. The van der Waals surface area contributed by atoms with Crippen LogP contribution in [-0.4, -0.2) is 26.3 Å². The lowest BCUT2D eigenvalue weighted by Crippen LogP contribution is -2.36. The molecule has 0 spiro atoms. The molecule has 0 bridgehead atoms. The molecule has 3 heteroatoms. The van der Waals surface area contributed by atoms with Crippen molar-refractivity contribution in [3.8, 4) is 0 Å². The van der Waals surface area contributed by atoms with Gasteiger partial charge >= 0.3 is 0 Å². The number of morpholine rings is 1. The summed E-state index contributed by atoms with van der Waals surface area (Å²) in [6, 6.07) is 10.9. The number of aromatic nitrogens is 1. The number of rotatable bonds is 1. The van der Waals surface area contributed by atoms with Gasteiger partial charge in [-0.1, -0.05) is 0 Å². The molecule has 1 aromatic heterocycles. The van der Waals surface area contributed by atoms with E-state index >= 15 is 0 Å². The van der Waals surface area contributed by atoms with Gasteiger partial charge in [0, 0.05) is 36.3 Å². The second kappa shape index (κ2) is 4.34. The minimum absolute atomic E-state index is 0.832. The van der Waals surface area contributed by atoms with Crippen molar-refractivity contribution in [1.29, 1.82) is 0 Å². The summed E-state index contributed by atoms with van der Waals surface area (Å²) < 4.78 is 7.55. The Bertz CT molecular complexity index is 533. The monoisotopic (exact) mass is 229 g/mol. The topological polar surface area (TPSA) is 16.4 Å². The predicted octanol–water partition coefficient (Wildman–Crippen LogP) is 1.50. The van der Waals surface area contributed by atoms with E-state index in [4.69, 9.17) is 4.74 Å². The van der Waals surface area contributed by atoms with Gasteiger partial charge in [0.25, 0.3) is 0 Å². The standard InChI is InChI=1S/C14H17N2O/c1-15-6-2-3-12-4-5-13(11-14(12)15)16-7-9-17-10-8-16/h2-6,11H,7-10H2,1H3/q+1. The summed E-state index contributed by atoms with van der Waals surface area (Å²) in [5, 5.41) is 1.28. The Morgan fingerprint density at radius 1 is 1.18 bits per heavy atom. The van der Waals surface area contributed by atoms with Crippen LogP contribution in [-0.2, 0) is 11.8 Å². The maximum atomic E-state index is 5.39. The van der Waals surface area contributed by atoms with Gasteiger partial charge in [-0.25, -0.2) is 4.57 Å². The molecular formula is C14H17N2O+. The lowest BCUT2D eigenvalue weighted by atomic mass is 10.2. The van der Waals surface area contributed by atoms with Crippen LogP contribution in [0.5, 0.6) is 0 Å². The first-order valence-electron chi connectivity index (χ1n) is 6.06. The Kier molecular flexibility index (Phi) is 2.69. The maximum Gasteiger partial charge on any atom is 0.214 e. The fourth-order valence-corrected chi connectivity index (χ4v) is 2.35. The molecule has 0 radical (unpaired) electrons. The Labute approximate surface area is 101 Å². The highest BCUT2D eigenvalue weighted by Crippen LogP contribution is 2.20. The van der Waals surface area contributed by atoms with E-state index in [1.165, 1.54) is 16.6 Å². The summed E-state index contributed by atoms with van der Waals surface area (Å²) in [6.45, 7) is 3.64. The molecule has 0 saturated carbocycles. The van der Waals surface area contributed by atoms with Crippen LogP contribution in [0.1, 0.15) is 0 Å². The smallest absolute Gasteiger partial charge is 0.214 e. The summed E-state index contributed by atoms with van der Waals surface area (Å²) in [7, 11) is 2.09. The van der Waals surface area contributed by atoms with Gasteiger partial charge in [0.15, 0.2) is 6.20 Å². The first-order chi connectivity index (χ1) is 8.34. The number of hydrogen-bond donors (Lipinski definition) is 0. The number of hydrogen-bond acceptors (Lipinski definition) is 2. The molecule has 17 heavy (non-hydrogen) atoms. The molecule has 0 atom stereocenters. The minimum atomic E-state index is 0.832. The van der Waals surface area contributed by atoms with Crippen LogP contribution < -0.4 is 9.47 Å². The highest BCUT2D eigenvalue weighted by molar-refractivity contribution is 5.79. The van der Waals surface area contributed by atoms with E-state index in [9.17, 15) is 0 Å². The highest BCUT2D eigenvalue weighted by atomic mass is 16.5. The lowest BCUT2D eigenvalue weighted by molar-refractivity contribution is -0.644. The van der Waals surface area contributed by atoms with Crippen LogP contribution in [0.15, 0.2) is 36.5 Å². The highest BCUT2D eigenvalue weighted by Gasteiger charge is 2.13. The molecule has 2 aromatic rings. The van der Waals surface area contributed by atoms with Gasteiger partial charge in [-0.15, -0.1) is 0 Å². The third-order valence-electron chi connectivity index (χ3n) is 3.36. The largest absolute Gasteiger partial charge is 0.378 e. The third-order valence-corrected chi connectivity index (χ3v) is 3.36. The molecule has 1 aromatic carbocycles. The summed E-state index contributed by atoms with van der Waals surface area (Å²) in [4.78, 5) is 2.38. The molecule has 2 heterocycles. The van der Waals surface area contributed by atoms with Crippen molar-refractivity contribution in [2.75, 3.05) is 31.2 Å². The zero-order chi connectivity index (χ0) is 11.7. The van der Waals surface area contributed by atoms with Gasteiger partial charge < -0.3 is 9.64 Å². The lowest BCUT2D eigenvalue weighted by Gasteiger charge is -2.28. The number of benzene rings is 1. The predicted molar refractivity (Wildman–Crippen MR) is 68.2 cm³/mol. The Morgan fingerprint density at radius 3 is 2.82 bits per heavy atom. The summed E-state index contributed by atoms with van der Waals surface area (Å²) in [5.74, 6) is 0. The molecule has 0 amide bonds. The quantitative estimate of drug-likeness (QED) is 0.689. The summed E-state index contributed by atoms with van der Waals surface area (Å²) in [6.07, 6.45) is 2.09. The van der Waals surface area contributed by atoms with Crippen molar-refractivity contribution in [2.24, 2.45) is 7.05 Å². The van der Waals surface area contributed by atoms with Crippen molar-refractivity contribution in [2.45, 2.75) is 0 Å². The van der Waals surface area contributed by atoms with Crippen LogP contribution in [0.25, 0.3) is 10.9 Å². The number of fused-ring (bicyclic) bond motifs is 1. The third kappa shape index (κ3) is 1.98. The van der Waals surface area contributed by atoms with Crippen LogP contribution >= 0.6 is 0 Å². The second-order valence-corrected chi connectivity index (χ2v) is 4.46. The van der Waals surface area contributed by atoms with E-state index < -0.39 is 0 Å². The molecule has 0 aliphatic carbocycles. The van der Waals surface area contributed by atoms with Crippen molar-refractivity contribution in [3.05, 3.63) is 36.5 Å². The van der Waals surface area contributed by atoms with Crippen LogP contribution in [0.2, 0.25) is 0 Å². The van der Waals surface area contributed by atoms with E-state index in [1.54, 1.807) is 0 Å². The average molecular weight is 229 g/mol. The molecule has 1 saturated heterocycles. The van der Waals surface area contributed by atoms with E-state index in [1.807, 2.05) is 0 Å². The van der Waals surface area contributed by atoms with E-state index in [0.29, 0.717) is 0 Å². The molecule has 3 nitrogen and oxygen atoms in total. The SMILES string of the molecule is C[n+]1cccc2ccc(N3CCOCC3)cc21. The molecule has 1 aliphatic heterocycles. The van der Waals surface area contributed by atoms with E-state index in [0.717, 1.165) is 26.3 Å². The first kappa shape index (κ1) is 10.5. The molecule has 0 N–H and O–H groups in total. The number of anilines is 1. The van der Waals surface area contributed by atoms with Gasteiger partial charge in [-0.05, 0) is 18.2 Å². The first-order valence-corrected chi connectivity index (χ1v) is 6.06. The van der Waals surface area contributed by atoms with E-state index in [2.05, 4.69) is 53.0 Å². The molecule has 1 aliphatic rings. The Balaban J connectivity index is 2.03. The van der Waals surface area contributed by atoms with Crippen molar-refractivity contribution in [1.82, 2.24) is 0 Å². The van der Waals surface area contributed by atoms with Crippen molar-refractivity contribution < 1.29 is 9.30 Å². The number of pyridine rings is 1. The van der Waals surface area contributed by atoms with Crippen LogP contribution in [0, 0.1) is 0 Å². The molecule has 88 valence electrons. The van der Waals surface area contributed by atoms with E-state index in [-0.39, 0.29) is 0 Å². The van der Waals surface area contributed by atoms with Gasteiger partial charge in [0.1, 0.15) is 7.05 Å². The maximum absolute atomic E-state index is 5.39. The van der Waals surface area contributed by atoms with Gasteiger partial charge in [0.05, 0.1) is 13.2 Å². The van der Waals surface area contributed by atoms with Gasteiger partial charge in [-0.2, -0.15) is 0 Å². The normalized spacial score (nSPS) is 16.4. The summed E-state index contributed by atoms with van der Waals surface area (Å²) >= 11 is 0. The molecule has 1 fully saturated rings. The number of nitrogens with zero attached hydrogens (tertiary/aromatic N) is 2. The fourth-order valence-electron chi connectivity index (χ4n) is 2.35. The second-order valence-electron chi connectivity index (χ2n) is 4.46. The Hall–Kier alpha value is -1.61. The van der Waals surface area contributed by atoms with Gasteiger partial charge in [0.2, 0.25) is 5.52 Å². The minimum Gasteiger partial charge on any atom is -0.378 e. The van der Waals surface area contributed by atoms with Gasteiger partial charge in [-0.3, -0.25) is 0 Å². The molecule has 0 unspecified atom stereocenters. The van der Waals surface area contributed by atoms with Crippen molar-refractivity contribution >= 4 is 16.6 Å². The van der Waals surface area contributed by atoms with Crippen LogP contribution in [0.3, 0.4) is 0 Å². The Morgan fingerprint density at radius 2 is 2.00 bits per heavy atom. The van der Waals surface area contributed by atoms with Crippen LogP contribution in [0.4, 0.5) is 5.69 Å².